The highest BCUT2D eigenvalue weighted by atomic mass is 16.6. The highest BCUT2D eigenvalue weighted by Gasteiger charge is 2.36. The van der Waals surface area contributed by atoms with E-state index in [0.29, 0.717) is 5.75 Å². The third-order valence-electron chi connectivity index (χ3n) is 5.07. The molecule has 0 unspecified atom stereocenters. The fraction of sp³-hybridized carbons (Fsp3) is 0.633. The molecule has 0 atom stereocenters. The minimum absolute atomic E-state index is 0.198. The van der Waals surface area contributed by atoms with Crippen LogP contribution in [0.15, 0.2) is 30.3 Å². The molecule has 242 valence electrons. The lowest BCUT2D eigenvalue weighted by Crippen LogP contribution is -2.55. The molecule has 0 heterocycles. The Kier molecular flexibility index (Phi) is 13.8. The largest absolute Gasteiger partial charge is 0.465 e. The summed E-state index contributed by atoms with van der Waals surface area (Å²) in [5.74, 6) is -1.02. The number of para-hydroxylation sites is 1. The normalized spacial score (nSPS) is 11.9. The summed E-state index contributed by atoms with van der Waals surface area (Å²) in [6.45, 7) is 14.3. The van der Waals surface area contributed by atoms with Gasteiger partial charge in [-0.25, -0.2) is 14.4 Å². The van der Waals surface area contributed by atoms with Crippen molar-refractivity contribution in [2.75, 3.05) is 26.2 Å². The fourth-order valence-corrected chi connectivity index (χ4v) is 3.24. The Morgan fingerprint density at radius 2 is 0.953 bits per heavy atom. The van der Waals surface area contributed by atoms with Gasteiger partial charge in [0, 0.05) is 19.6 Å². The minimum atomic E-state index is -1.29. The first-order chi connectivity index (χ1) is 19.7. The summed E-state index contributed by atoms with van der Waals surface area (Å²) in [7, 11) is 0. The summed E-state index contributed by atoms with van der Waals surface area (Å²) in [6, 6.07) is 8.40. The maximum absolute atomic E-state index is 12.7. The van der Waals surface area contributed by atoms with Crippen molar-refractivity contribution in [3.05, 3.63) is 30.3 Å². The van der Waals surface area contributed by atoms with Crippen LogP contribution in [0.3, 0.4) is 0 Å². The van der Waals surface area contributed by atoms with Crippen LogP contribution in [0, 0.1) is 5.41 Å². The molecule has 13 heteroatoms. The van der Waals surface area contributed by atoms with Crippen LogP contribution in [-0.4, -0.2) is 73.3 Å². The summed E-state index contributed by atoms with van der Waals surface area (Å²) in [5, 5.41) is 7.84. The van der Waals surface area contributed by atoms with Crippen molar-refractivity contribution >= 4 is 30.2 Å². The molecule has 0 aromatic heterocycles. The molecule has 43 heavy (non-hydrogen) atoms. The Bertz CT molecular complexity index is 1010. The van der Waals surface area contributed by atoms with Gasteiger partial charge in [-0.15, -0.1) is 0 Å². The summed E-state index contributed by atoms with van der Waals surface area (Å²) in [5.41, 5.74) is -3.67. The zero-order valence-electron chi connectivity index (χ0n) is 26.7. The minimum Gasteiger partial charge on any atom is -0.465 e. The number of esters is 2. The average molecular weight is 610 g/mol. The number of hydrogen-bond donors (Lipinski definition) is 3. The Morgan fingerprint density at radius 1 is 0.581 bits per heavy atom. The number of carbonyl (C=O) groups is 5. The van der Waals surface area contributed by atoms with Crippen LogP contribution in [0.5, 0.6) is 5.75 Å². The maximum Gasteiger partial charge on any atom is 0.407 e. The summed E-state index contributed by atoms with van der Waals surface area (Å²) >= 11 is 0. The Labute approximate surface area is 253 Å². The second-order valence-electron chi connectivity index (χ2n) is 13.0. The molecule has 1 rings (SSSR count). The van der Waals surface area contributed by atoms with E-state index in [0.717, 1.165) is 0 Å². The van der Waals surface area contributed by atoms with Gasteiger partial charge in [-0.05, 0) is 74.4 Å². The van der Waals surface area contributed by atoms with Crippen LogP contribution < -0.4 is 20.7 Å². The van der Waals surface area contributed by atoms with Gasteiger partial charge in [-0.3, -0.25) is 9.59 Å². The molecule has 1 aromatic rings. The molecular weight excluding hydrogens is 562 g/mol. The highest BCUT2D eigenvalue weighted by molar-refractivity contribution is 5.79. The van der Waals surface area contributed by atoms with Gasteiger partial charge < -0.3 is 39.6 Å². The molecule has 0 aliphatic rings. The number of alkyl carbamates (subject to hydrolysis) is 3. The molecule has 0 saturated carbocycles. The second-order valence-corrected chi connectivity index (χ2v) is 13.0. The van der Waals surface area contributed by atoms with E-state index in [9.17, 15) is 24.0 Å². The first-order valence-corrected chi connectivity index (χ1v) is 14.0. The molecule has 0 saturated heterocycles. The van der Waals surface area contributed by atoms with Gasteiger partial charge in [0.2, 0.25) is 0 Å². The van der Waals surface area contributed by atoms with Gasteiger partial charge >= 0.3 is 30.2 Å². The Balaban J connectivity index is 3.08. The van der Waals surface area contributed by atoms with E-state index in [-0.39, 0.29) is 39.1 Å². The quantitative estimate of drug-likeness (QED) is 0.175. The number of hydrogen-bond acceptors (Lipinski definition) is 10. The smallest absolute Gasteiger partial charge is 0.407 e. The Morgan fingerprint density at radius 3 is 1.33 bits per heavy atom. The van der Waals surface area contributed by atoms with Crippen molar-refractivity contribution in [3.63, 3.8) is 0 Å². The van der Waals surface area contributed by atoms with E-state index in [1.807, 2.05) is 0 Å². The highest BCUT2D eigenvalue weighted by Crippen LogP contribution is 2.19. The molecule has 3 amide bonds. The van der Waals surface area contributed by atoms with E-state index in [1.54, 1.807) is 92.6 Å². The number of amides is 3. The predicted molar refractivity (Wildman–Crippen MR) is 157 cm³/mol. The standard InChI is InChI=1S/C30H47N3O10/c1-27(2,3)41-24(36)31-17-30(18-32-25(37)42-28(4,5)6,19-33-26(38)43-29(7,8)9)20-39-22(34)15-16-23(35)40-21-13-11-10-12-14-21/h10-14H,15-20H2,1-9H3,(H,31,36)(H,32,37)(H,33,38). The van der Waals surface area contributed by atoms with Gasteiger partial charge in [0.1, 0.15) is 29.2 Å². The van der Waals surface area contributed by atoms with Crippen LogP contribution in [0.1, 0.15) is 75.2 Å². The number of ether oxygens (including phenoxy) is 5. The molecule has 0 radical (unpaired) electrons. The summed E-state index contributed by atoms with van der Waals surface area (Å²) < 4.78 is 26.6. The van der Waals surface area contributed by atoms with Crippen molar-refractivity contribution in [1.82, 2.24) is 16.0 Å². The van der Waals surface area contributed by atoms with Crippen molar-refractivity contribution in [2.24, 2.45) is 5.41 Å². The SMILES string of the molecule is CC(C)(C)OC(=O)NCC(CNC(=O)OC(C)(C)C)(CNC(=O)OC(C)(C)C)COC(=O)CCC(=O)Oc1ccccc1. The van der Waals surface area contributed by atoms with Gasteiger partial charge in [0.25, 0.3) is 0 Å². The van der Waals surface area contributed by atoms with Gasteiger partial charge in [0.05, 0.1) is 18.3 Å². The average Bonchev–Trinajstić information content (AvgIpc) is 2.84. The fourth-order valence-electron chi connectivity index (χ4n) is 3.24. The van der Waals surface area contributed by atoms with E-state index >= 15 is 0 Å². The first-order valence-electron chi connectivity index (χ1n) is 14.0. The number of benzene rings is 1. The van der Waals surface area contributed by atoms with Gasteiger partial charge in [-0.1, -0.05) is 18.2 Å². The second kappa shape index (κ2) is 16.0. The summed E-state index contributed by atoms with van der Waals surface area (Å²) in [6.07, 6.45) is -2.83. The molecule has 0 aliphatic heterocycles. The van der Waals surface area contributed by atoms with Crippen molar-refractivity contribution in [2.45, 2.75) is 92.0 Å². The Hall–Kier alpha value is -4.03. The lowest BCUT2D eigenvalue weighted by atomic mass is 9.88. The third kappa shape index (κ3) is 18.2. The number of nitrogens with one attached hydrogen (secondary N) is 3. The number of carbonyl (C=O) groups excluding carboxylic acids is 5. The van der Waals surface area contributed by atoms with Gasteiger partial charge in [-0.2, -0.15) is 0 Å². The molecule has 0 bridgehead atoms. The summed E-state index contributed by atoms with van der Waals surface area (Å²) in [4.78, 5) is 62.4. The van der Waals surface area contributed by atoms with Crippen LogP contribution in [-0.2, 0) is 28.5 Å². The molecular formula is C30H47N3O10. The molecule has 0 spiro atoms. The van der Waals surface area contributed by atoms with E-state index in [2.05, 4.69) is 16.0 Å². The van der Waals surface area contributed by atoms with Crippen molar-refractivity contribution in [1.29, 1.82) is 0 Å². The molecule has 3 N–H and O–H groups in total. The maximum atomic E-state index is 12.7. The van der Waals surface area contributed by atoms with Crippen LogP contribution in [0.2, 0.25) is 0 Å². The van der Waals surface area contributed by atoms with E-state index < -0.39 is 52.4 Å². The number of rotatable bonds is 12. The molecule has 13 nitrogen and oxygen atoms in total. The van der Waals surface area contributed by atoms with Gasteiger partial charge in [0.15, 0.2) is 0 Å². The van der Waals surface area contributed by atoms with Crippen LogP contribution in [0.25, 0.3) is 0 Å². The van der Waals surface area contributed by atoms with Crippen molar-refractivity contribution < 1.29 is 47.7 Å². The lowest BCUT2D eigenvalue weighted by molar-refractivity contribution is -0.149. The predicted octanol–water partition coefficient (Wildman–Crippen LogP) is 4.48. The molecule has 0 aliphatic carbocycles. The zero-order valence-corrected chi connectivity index (χ0v) is 26.7. The topological polar surface area (TPSA) is 168 Å². The molecule has 1 aromatic carbocycles. The molecule has 0 fully saturated rings. The zero-order chi connectivity index (χ0) is 32.9. The first kappa shape index (κ1) is 37.0. The van der Waals surface area contributed by atoms with Crippen molar-refractivity contribution in [3.8, 4) is 5.75 Å². The van der Waals surface area contributed by atoms with E-state index in [4.69, 9.17) is 23.7 Å². The monoisotopic (exact) mass is 609 g/mol. The lowest BCUT2D eigenvalue weighted by Gasteiger charge is -2.34. The van der Waals surface area contributed by atoms with Crippen LogP contribution >= 0.6 is 0 Å². The van der Waals surface area contributed by atoms with E-state index in [1.165, 1.54) is 0 Å². The third-order valence-corrected chi connectivity index (χ3v) is 5.07. The van der Waals surface area contributed by atoms with Crippen LogP contribution in [0.4, 0.5) is 14.4 Å².